The van der Waals surface area contributed by atoms with E-state index in [1.165, 1.54) is 12.1 Å². The van der Waals surface area contributed by atoms with E-state index >= 15 is 0 Å². The first-order valence-corrected chi connectivity index (χ1v) is 7.25. The zero-order valence-corrected chi connectivity index (χ0v) is 12.9. The van der Waals surface area contributed by atoms with Crippen molar-refractivity contribution in [2.24, 2.45) is 0 Å². The average molecular weight is 345 g/mol. The molecule has 7 heteroatoms. The van der Waals surface area contributed by atoms with Crippen molar-refractivity contribution in [3.05, 3.63) is 32.8 Å². The van der Waals surface area contributed by atoms with Crippen molar-refractivity contribution >= 4 is 21.6 Å². The van der Waals surface area contributed by atoms with Gasteiger partial charge in [-0.2, -0.15) is 0 Å². The Kier molecular flexibility index (Phi) is 4.95. The monoisotopic (exact) mass is 344 g/mol. The van der Waals surface area contributed by atoms with Gasteiger partial charge >= 0.3 is 0 Å². The molecule has 1 N–H and O–H groups in total. The molecule has 1 aromatic carbocycles. The maximum Gasteiger partial charge on any atom is 0.273 e. The maximum atomic E-state index is 10.8. The second-order valence-electron chi connectivity index (χ2n) is 4.58. The van der Waals surface area contributed by atoms with Gasteiger partial charge in [0.1, 0.15) is 18.0 Å². The molecule has 0 aromatic heterocycles. The standard InChI is InChI=1S/C13H17BrN2O4/c1-3-19-13-10(15-2)7-12(13)20-11-6-8(16(17)18)4-5-9(11)14/h4-6,10,12-13,15H,3,7H2,1-2H3. The third-order valence-corrected chi connectivity index (χ3v) is 4.04. The number of benzene rings is 1. The topological polar surface area (TPSA) is 73.6 Å². The molecule has 110 valence electrons. The number of halogens is 1. The summed E-state index contributed by atoms with van der Waals surface area (Å²) in [4.78, 5) is 10.4. The smallest absolute Gasteiger partial charge is 0.273 e. The normalized spacial score (nSPS) is 25.1. The Morgan fingerprint density at radius 3 is 2.90 bits per heavy atom. The van der Waals surface area contributed by atoms with E-state index in [1.807, 2.05) is 14.0 Å². The lowest BCUT2D eigenvalue weighted by molar-refractivity contribution is -0.385. The average Bonchev–Trinajstić information content (AvgIpc) is 2.41. The zero-order chi connectivity index (χ0) is 14.7. The van der Waals surface area contributed by atoms with Crippen LogP contribution in [0.15, 0.2) is 22.7 Å². The summed E-state index contributed by atoms with van der Waals surface area (Å²) >= 11 is 3.35. The highest BCUT2D eigenvalue weighted by Crippen LogP contribution is 2.34. The highest BCUT2D eigenvalue weighted by molar-refractivity contribution is 9.10. The Morgan fingerprint density at radius 2 is 2.30 bits per heavy atom. The van der Waals surface area contributed by atoms with Gasteiger partial charge in [0, 0.05) is 25.1 Å². The second kappa shape index (κ2) is 6.51. The van der Waals surface area contributed by atoms with E-state index in [-0.39, 0.29) is 23.9 Å². The molecule has 1 aliphatic rings. The van der Waals surface area contributed by atoms with Gasteiger partial charge in [-0.1, -0.05) is 0 Å². The number of nitro groups is 1. The van der Waals surface area contributed by atoms with Crippen LogP contribution in [0.2, 0.25) is 0 Å². The molecule has 0 heterocycles. The Bertz CT molecular complexity index is 497. The van der Waals surface area contributed by atoms with Crippen molar-refractivity contribution in [1.29, 1.82) is 0 Å². The Morgan fingerprint density at radius 1 is 1.55 bits per heavy atom. The molecule has 3 atom stereocenters. The Balaban J connectivity index is 2.10. The van der Waals surface area contributed by atoms with Gasteiger partial charge in [-0.15, -0.1) is 0 Å². The molecule has 6 nitrogen and oxygen atoms in total. The molecule has 0 amide bonds. The minimum Gasteiger partial charge on any atom is -0.486 e. The van der Waals surface area contributed by atoms with Crippen molar-refractivity contribution in [3.8, 4) is 5.75 Å². The lowest BCUT2D eigenvalue weighted by Gasteiger charge is -2.43. The molecule has 3 unspecified atom stereocenters. The predicted octanol–water partition coefficient (Wildman–Crippen LogP) is 2.50. The summed E-state index contributed by atoms with van der Waals surface area (Å²) < 4.78 is 12.2. The number of likely N-dealkylation sites (N-methyl/N-ethyl adjacent to an activating group) is 1. The molecule has 0 saturated heterocycles. The first-order chi connectivity index (χ1) is 9.56. The highest BCUT2D eigenvalue weighted by atomic mass is 79.9. The number of ether oxygens (including phenoxy) is 2. The van der Waals surface area contributed by atoms with E-state index in [4.69, 9.17) is 9.47 Å². The Hall–Kier alpha value is -1.18. The van der Waals surface area contributed by atoms with Crippen LogP contribution in [-0.2, 0) is 4.74 Å². The van der Waals surface area contributed by atoms with Crippen LogP contribution in [0.25, 0.3) is 0 Å². The van der Waals surface area contributed by atoms with Crippen LogP contribution in [0.4, 0.5) is 5.69 Å². The molecule has 1 aliphatic carbocycles. The highest BCUT2D eigenvalue weighted by Gasteiger charge is 2.43. The van der Waals surface area contributed by atoms with E-state index in [2.05, 4.69) is 21.2 Å². The zero-order valence-electron chi connectivity index (χ0n) is 11.3. The second-order valence-corrected chi connectivity index (χ2v) is 5.43. The van der Waals surface area contributed by atoms with Crippen molar-refractivity contribution in [2.45, 2.75) is 31.6 Å². The molecule has 1 saturated carbocycles. The molecule has 20 heavy (non-hydrogen) atoms. The van der Waals surface area contributed by atoms with E-state index < -0.39 is 4.92 Å². The summed E-state index contributed by atoms with van der Waals surface area (Å²) in [7, 11) is 1.89. The Labute approximate surface area is 125 Å². The lowest BCUT2D eigenvalue weighted by Crippen LogP contribution is -2.60. The van der Waals surface area contributed by atoms with Crippen LogP contribution in [0.3, 0.4) is 0 Å². The minimum absolute atomic E-state index is 0.0145. The maximum absolute atomic E-state index is 10.8. The van der Waals surface area contributed by atoms with Gasteiger partial charge in [0.15, 0.2) is 0 Å². The van der Waals surface area contributed by atoms with Gasteiger partial charge in [-0.3, -0.25) is 10.1 Å². The molecular weight excluding hydrogens is 328 g/mol. The first-order valence-electron chi connectivity index (χ1n) is 6.46. The summed E-state index contributed by atoms with van der Waals surface area (Å²) in [6.07, 6.45) is 0.693. The number of rotatable bonds is 6. The molecule has 0 aliphatic heterocycles. The van der Waals surface area contributed by atoms with Crippen LogP contribution < -0.4 is 10.1 Å². The van der Waals surface area contributed by atoms with Crippen LogP contribution in [0.1, 0.15) is 13.3 Å². The van der Waals surface area contributed by atoms with Crippen molar-refractivity contribution < 1.29 is 14.4 Å². The summed E-state index contributed by atoms with van der Waals surface area (Å²) in [5.41, 5.74) is 0.0145. The van der Waals surface area contributed by atoms with Gasteiger partial charge in [0.25, 0.3) is 5.69 Å². The molecule has 2 rings (SSSR count). The van der Waals surface area contributed by atoms with Crippen LogP contribution in [0, 0.1) is 10.1 Å². The lowest BCUT2D eigenvalue weighted by atomic mass is 9.85. The quantitative estimate of drug-likeness (QED) is 0.633. The van der Waals surface area contributed by atoms with Crippen molar-refractivity contribution in [2.75, 3.05) is 13.7 Å². The van der Waals surface area contributed by atoms with Crippen LogP contribution in [0.5, 0.6) is 5.75 Å². The predicted molar refractivity (Wildman–Crippen MR) is 78.1 cm³/mol. The first kappa shape index (κ1) is 15.2. The molecule has 0 bridgehead atoms. The van der Waals surface area contributed by atoms with E-state index in [0.29, 0.717) is 16.8 Å². The summed E-state index contributed by atoms with van der Waals surface area (Å²) in [5, 5.41) is 14.0. The fourth-order valence-electron chi connectivity index (χ4n) is 2.25. The van der Waals surface area contributed by atoms with E-state index in [1.54, 1.807) is 6.07 Å². The van der Waals surface area contributed by atoms with Gasteiger partial charge in [-0.25, -0.2) is 0 Å². The number of hydrogen-bond acceptors (Lipinski definition) is 5. The number of nitrogens with one attached hydrogen (secondary N) is 1. The molecular formula is C13H17BrN2O4. The summed E-state index contributed by atoms with van der Waals surface area (Å²) in [6.45, 7) is 2.55. The third kappa shape index (κ3) is 3.11. The number of non-ortho nitro benzene ring substituents is 1. The fourth-order valence-corrected chi connectivity index (χ4v) is 2.59. The molecule has 1 fully saturated rings. The number of hydrogen-bond donors (Lipinski definition) is 1. The fraction of sp³-hybridized carbons (Fsp3) is 0.538. The summed E-state index contributed by atoms with van der Waals surface area (Å²) in [5.74, 6) is 0.475. The van der Waals surface area contributed by atoms with Crippen LogP contribution >= 0.6 is 15.9 Å². The van der Waals surface area contributed by atoms with Gasteiger partial charge in [-0.05, 0) is 36.0 Å². The number of nitrogens with zero attached hydrogens (tertiary/aromatic N) is 1. The van der Waals surface area contributed by atoms with Gasteiger partial charge < -0.3 is 14.8 Å². The molecule has 1 aromatic rings. The third-order valence-electron chi connectivity index (χ3n) is 3.38. The van der Waals surface area contributed by atoms with Crippen molar-refractivity contribution in [1.82, 2.24) is 5.32 Å². The molecule has 0 radical (unpaired) electrons. The minimum atomic E-state index is -0.434. The van der Waals surface area contributed by atoms with Crippen LogP contribution in [-0.4, -0.2) is 36.8 Å². The van der Waals surface area contributed by atoms with Gasteiger partial charge in [0.05, 0.1) is 15.5 Å². The van der Waals surface area contributed by atoms with E-state index in [9.17, 15) is 10.1 Å². The SMILES string of the molecule is CCOC1C(NC)CC1Oc1cc([N+](=O)[O-])ccc1Br. The summed E-state index contributed by atoms with van der Waals surface area (Å²) in [6, 6.07) is 4.75. The number of nitro benzene ring substituents is 1. The molecule has 0 spiro atoms. The van der Waals surface area contributed by atoms with Gasteiger partial charge in [0.2, 0.25) is 0 Å². The van der Waals surface area contributed by atoms with Crippen molar-refractivity contribution in [3.63, 3.8) is 0 Å². The van der Waals surface area contributed by atoms with E-state index in [0.717, 1.165) is 6.42 Å². The largest absolute Gasteiger partial charge is 0.486 e.